The Morgan fingerprint density at radius 2 is 1.96 bits per heavy atom. The van der Waals surface area contributed by atoms with Crippen molar-refractivity contribution in [3.63, 3.8) is 0 Å². The predicted octanol–water partition coefficient (Wildman–Crippen LogP) is 3.29. The molecule has 0 unspecified atom stereocenters. The third kappa shape index (κ3) is 3.68. The molecule has 0 spiro atoms. The van der Waals surface area contributed by atoms with Crippen molar-refractivity contribution in [2.24, 2.45) is 0 Å². The largest absolute Gasteiger partial charge is 0.493 e. The highest BCUT2D eigenvalue weighted by molar-refractivity contribution is 6.32. The number of hydrogen-bond donors (Lipinski definition) is 1. The van der Waals surface area contributed by atoms with Gasteiger partial charge in [0.15, 0.2) is 23.0 Å². The molecule has 1 atom stereocenters. The summed E-state index contributed by atoms with van der Waals surface area (Å²) in [6.45, 7) is 1.83. The molecule has 2 aromatic carbocycles. The summed E-state index contributed by atoms with van der Waals surface area (Å²) in [5.41, 5.74) is 1.01. The summed E-state index contributed by atoms with van der Waals surface area (Å²) >= 11 is 6.22. The summed E-state index contributed by atoms with van der Waals surface area (Å²) in [6, 6.07) is 11.5. The van der Waals surface area contributed by atoms with Gasteiger partial charge >= 0.3 is 0 Å². The van der Waals surface area contributed by atoms with E-state index >= 15 is 0 Å². The Labute approximate surface area is 146 Å². The van der Waals surface area contributed by atoms with Crippen molar-refractivity contribution >= 4 is 11.6 Å². The molecular weight excluding hydrogens is 330 g/mol. The quantitative estimate of drug-likeness (QED) is 0.867. The van der Waals surface area contributed by atoms with E-state index in [1.54, 1.807) is 14.2 Å². The molecule has 0 aliphatic carbocycles. The molecule has 0 radical (unpaired) electrons. The molecule has 1 aliphatic rings. The van der Waals surface area contributed by atoms with Crippen LogP contribution in [0.4, 0.5) is 0 Å². The van der Waals surface area contributed by atoms with Gasteiger partial charge < -0.3 is 24.3 Å². The van der Waals surface area contributed by atoms with E-state index in [0.29, 0.717) is 36.2 Å². The van der Waals surface area contributed by atoms with Crippen molar-refractivity contribution in [3.05, 3.63) is 47.0 Å². The molecule has 0 bridgehead atoms. The lowest BCUT2D eigenvalue weighted by atomic mass is 10.2. The van der Waals surface area contributed by atoms with Gasteiger partial charge in [0.2, 0.25) is 0 Å². The summed E-state index contributed by atoms with van der Waals surface area (Å²) in [5, 5.41) is 3.89. The van der Waals surface area contributed by atoms with Crippen molar-refractivity contribution in [1.82, 2.24) is 5.32 Å². The number of fused-ring (bicyclic) bond motifs is 1. The van der Waals surface area contributed by atoms with Gasteiger partial charge in [-0.25, -0.2) is 0 Å². The van der Waals surface area contributed by atoms with Crippen LogP contribution in [0, 0.1) is 0 Å². The second-order valence-corrected chi connectivity index (χ2v) is 5.85. The first kappa shape index (κ1) is 16.7. The Bertz CT molecular complexity index is 707. The summed E-state index contributed by atoms with van der Waals surface area (Å²) in [6.07, 6.45) is -0.0319. The molecule has 0 fully saturated rings. The number of hydrogen-bond acceptors (Lipinski definition) is 5. The lowest BCUT2D eigenvalue weighted by Gasteiger charge is -2.26. The van der Waals surface area contributed by atoms with E-state index in [4.69, 9.17) is 30.5 Å². The second-order valence-electron chi connectivity index (χ2n) is 5.44. The zero-order valence-corrected chi connectivity index (χ0v) is 14.4. The van der Waals surface area contributed by atoms with Gasteiger partial charge in [-0.15, -0.1) is 0 Å². The van der Waals surface area contributed by atoms with Crippen LogP contribution in [0.5, 0.6) is 23.0 Å². The summed E-state index contributed by atoms with van der Waals surface area (Å²) in [7, 11) is 3.16. The SMILES string of the molecule is COc1cc(CNC[C@@H]2COc3ccccc3O2)cc(Cl)c1OC. The number of ether oxygens (including phenoxy) is 4. The molecule has 128 valence electrons. The van der Waals surface area contributed by atoms with Crippen LogP contribution in [0.15, 0.2) is 36.4 Å². The average molecular weight is 350 g/mol. The standard InChI is InChI=1S/C18H20ClNO4/c1-21-17-8-12(7-14(19)18(17)22-2)9-20-10-13-11-23-15-5-3-4-6-16(15)24-13/h3-8,13,20H,9-11H2,1-2H3/t13-/m1/s1. The minimum absolute atomic E-state index is 0.0319. The predicted molar refractivity (Wildman–Crippen MR) is 92.6 cm³/mol. The number of benzene rings is 2. The fourth-order valence-electron chi connectivity index (χ4n) is 2.61. The number of rotatable bonds is 6. The highest BCUT2D eigenvalue weighted by Gasteiger charge is 2.20. The Morgan fingerprint density at radius 1 is 1.17 bits per heavy atom. The molecule has 3 rings (SSSR count). The van der Waals surface area contributed by atoms with Gasteiger partial charge in [0.1, 0.15) is 12.7 Å². The molecular formula is C18H20ClNO4. The molecule has 2 aromatic rings. The van der Waals surface area contributed by atoms with E-state index in [-0.39, 0.29) is 6.10 Å². The van der Waals surface area contributed by atoms with Gasteiger partial charge in [0.25, 0.3) is 0 Å². The first-order valence-corrected chi connectivity index (χ1v) is 8.08. The highest BCUT2D eigenvalue weighted by Crippen LogP contribution is 2.36. The van der Waals surface area contributed by atoms with E-state index in [1.165, 1.54) is 0 Å². The lowest BCUT2D eigenvalue weighted by molar-refractivity contribution is 0.0902. The molecule has 6 heteroatoms. The maximum Gasteiger partial charge on any atom is 0.179 e. The topological polar surface area (TPSA) is 49.0 Å². The number of halogens is 1. The van der Waals surface area contributed by atoms with Crippen molar-refractivity contribution in [1.29, 1.82) is 0 Å². The third-order valence-corrected chi connectivity index (χ3v) is 4.04. The van der Waals surface area contributed by atoms with Crippen molar-refractivity contribution < 1.29 is 18.9 Å². The third-order valence-electron chi connectivity index (χ3n) is 3.76. The van der Waals surface area contributed by atoms with E-state index in [0.717, 1.165) is 17.1 Å². The first-order valence-electron chi connectivity index (χ1n) is 7.71. The fraction of sp³-hybridized carbons (Fsp3) is 0.333. The summed E-state index contributed by atoms with van der Waals surface area (Å²) < 4.78 is 22.2. The molecule has 0 saturated heterocycles. The molecule has 1 heterocycles. The van der Waals surface area contributed by atoms with Crippen LogP contribution in [0.1, 0.15) is 5.56 Å². The molecule has 0 amide bonds. The summed E-state index contributed by atoms with van der Waals surface area (Å²) in [5.74, 6) is 2.74. The van der Waals surface area contributed by atoms with Crippen molar-refractivity contribution in [2.45, 2.75) is 12.6 Å². The maximum absolute atomic E-state index is 6.22. The number of methoxy groups -OCH3 is 2. The van der Waals surface area contributed by atoms with Crippen LogP contribution < -0.4 is 24.3 Å². The smallest absolute Gasteiger partial charge is 0.179 e. The van der Waals surface area contributed by atoms with Gasteiger partial charge in [0, 0.05) is 13.1 Å². The Hall–Kier alpha value is -2.11. The van der Waals surface area contributed by atoms with E-state index < -0.39 is 0 Å². The van der Waals surface area contributed by atoms with Crippen LogP contribution in [0.3, 0.4) is 0 Å². The molecule has 0 saturated carbocycles. The van der Waals surface area contributed by atoms with Crippen LogP contribution in [0.2, 0.25) is 5.02 Å². The molecule has 1 aliphatic heterocycles. The maximum atomic E-state index is 6.22. The zero-order valence-electron chi connectivity index (χ0n) is 13.7. The number of para-hydroxylation sites is 2. The summed E-state index contributed by atoms with van der Waals surface area (Å²) in [4.78, 5) is 0. The Morgan fingerprint density at radius 3 is 2.71 bits per heavy atom. The molecule has 5 nitrogen and oxygen atoms in total. The monoisotopic (exact) mass is 349 g/mol. The Kier molecular flexibility index (Phi) is 5.33. The lowest BCUT2D eigenvalue weighted by Crippen LogP contribution is -2.38. The van der Waals surface area contributed by atoms with E-state index in [1.807, 2.05) is 36.4 Å². The van der Waals surface area contributed by atoms with E-state index in [2.05, 4.69) is 5.32 Å². The van der Waals surface area contributed by atoms with Crippen LogP contribution >= 0.6 is 11.6 Å². The highest BCUT2D eigenvalue weighted by atomic mass is 35.5. The van der Waals surface area contributed by atoms with Crippen LogP contribution in [-0.4, -0.2) is 33.5 Å². The van der Waals surface area contributed by atoms with Gasteiger partial charge in [0.05, 0.1) is 19.2 Å². The van der Waals surface area contributed by atoms with Crippen LogP contribution in [-0.2, 0) is 6.54 Å². The van der Waals surface area contributed by atoms with Gasteiger partial charge in [-0.1, -0.05) is 23.7 Å². The van der Waals surface area contributed by atoms with Gasteiger partial charge in [-0.05, 0) is 29.8 Å². The minimum Gasteiger partial charge on any atom is -0.493 e. The van der Waals surface area contributed by atoms with Crippen molar-refractivity contribution in [2.75, 3.05) is 27.4 Å². The minimum atomic E-state index is -0.0319. The normalized spacial score (nSPS) is 15.9. The Balaban J connectivity index is 1.57. The second kappa shape index (κ2) is 7.64. The molecule has 1 N–H and O–H groups in total. The zero-order chi connectivity index (χ0) is 16.9. The first-order chi connectivity index (χ1) is 11.7. The molecule has 24 heavy (non-hydrogen) atoms. The average Bonchev–Trinajstić information content (AvgIpc) is 2.61. The van der Waals surface area contributed by atoms with E-state index in [9.17, 15) is 0 Å². The van der Waals surface area contributed by atoms with Crippen LogP contribution in [0.25, 0.3) is 0 Å². The molecule has 0 aromatic heterocycles. The van der Waals surface area contributed by atoms with Crippen molar-refractivity contribution in [3.8, 4) is 23.0 Å². The van der Waals surface area contributed by atoms with Gasteiger partial charge in [-0.3, -0.25) is 0 Å². The fourth-order valence-corrected chi connectivity index (χ4v) is 2.92. The number of nitrogens with one attached hydrogen (secondary N) is 1. The van der Waals surface area contributed by atoms with Gasteiger partial charge in [-0.2, -0.15) is 0 Å².